The van der Waals surface area contributed by atoms with Gasteiger partial charge in [-0.25, -0.2) is 0 Å². The third-order valence-corrected chi connectivity index (χ3v) is 3.05. The molecule has 0 amide bonds. The number of hydrogen-bond donors (Lipinski definition) is 2. The number of rotatable bonds is 5. The molecule has 0 bridgehead atoms. The van der Waals surface area contributed by atoms with Crippen molar-refractivity contribution >= 4 is 23.5 Å². The maximum atomic E-state index is 5.05. The fraction of sp³-hybridized carbons (Fsp3) is 0.429. The molecule has 1 aromatic rings. The molecule has 0 saturated carbocycles. The summed E-state index contributed by atoms with van der Waals surface area (Å²) >= 11 is 5.05. The average molecular weight is 278 g/mol. The predicted octanol–water partition coefficient (Wildman–Crippen LogP) is 2.67. The van der Waals surface area contributed by atoms with E-state index < -0.39 is 0 Å². The Kier molecular flexibility index (Phi) is 5.76. The maximum absolute atomic E-state index is 5.05. The normalized spacial score (nSPS) is 11.0. The van der Waals surface area contributed by atoms with Crippen LogP contribution in [0.3, 0.4) is 0 Å². The maximum Gasteiger partial charge on any atom is 0.187 e. The fourth-order valence-corrected chi connectivity index (χ4v) is 2.23. The van der Waals surface area contributed by atoms with Gasteiger partial charge in [-0.15, -0.1) is 6.58 Å². The highest BCUT2D eigenvalue weighted by atomic mass is 32.1. The lowest BCUT2D eigenvalue weighted by Crippen LogP contribution is -2.31. The lowest BCUT2D eigenvalue weighted by Gasteiger charge is -2.13. The lowest BCUT2D eigenvalue weighted by molar-refractivity contribution is 0.574. The molecule has 0 aliphatic rings. The van der Waals surface area contributed by atoms with Crippen molar-refractivity contribution in [3.63, 3.8) is 0 Å². The van der Waals surface area contributed by atoms with E-state index in [0.29, 0.717) is 17.7 Å². The van der Waals surface area contributed by atoms with Crippen molar-refractivity contribution in [3.05, 3.63) is 35.7 Å². The summed E-state index contributed by atoms with van der Waals surface area (Å²) in [5.41, 5.74) is 6.33. The molecule has 1 rings (SSSR count). The van der Waals surface area contributed by atoms with Crippen LogP contribution in [0.25, 0.3) is 0 Å². The van der Waals surface area contributed by atoms with Gasteiger partial charge in [-0.3, -0.25) is 5.43 Å². The lowest BCUT2D eigenvalue weighted by atomic mass is 10.2. The van der Waals surface area contributed by atoms with E-state index in [-0.39, 0.29) is 0 Å². The molecule has 0 aromatic carbocycles. The van der Waals surface area contributed by atoms with E-state index in [2.05, 4.69) is 60.8 Å². The van der Waals surface area contributed by atoms with Gasteiger partial charge in [-0.05, 0) is 46.0 Å². The molecule has 5 heteroatoms. The number of hydrazone groups is 1. The first kappa shape index (κ1) is 15.4. The summed E-state index contributed by atoms with van der Waals surface area (Å²) in [4.78, 5) is 0. The minimum atomic E-state index is 0.449. The Balaban J connectivity index is 2.70. The Labute approximate surface area is 120 Å². The molecule has 0 aliphatic heterocycles. The van der Waals surface area contributed by atoms with E-state index in [0.717, 1.165) is 5.56 Å². The standard InChI is InChI=1S/C14H22N4S/c1-6-7-15-14(19)17-16-9-13-8-11(4)18(10(2)3)12(13)5/h6,8-10H,1,7H2,2-5H3,(H2,15,17,19)/b16-9-. The van der Waals surface area contributed by atoms with E-state index in [1.54, 1.807) is 12.3 Å². The second-order valence-electron chi connectivity index (χ2n) is 4.66. The Morgan fingerprint density at radius 3 is 2.74 bits per heavy atom. The minimum Gasteiger partial charge on any atom is -0.358 e. The molecule has 1 aromatic heterocycles. The highest BCUT2D eigenvalue weighted by molar-refractivity contribution is 7.80. The highest BCUT2D eigenvalue weighted by Gasteiger charge is 2.09. The van der Waals surface area contributed by atoms with Crippen molar-refractivity contribution in [2.45, 2.75) is 33.7 Å². The first-order chi connectivity index (χ1) is 8.97. The Morgan fingerprint density at radius 1 is 1.53 bits per heavy atom. The molecule has 0 aliphatic carbocycles. The molecule has 104 valence electrons. The van der Waals surface area contributed by atoms with Crippen LogP contribution in [-0.2, 0) is 0 Å². The molecular weight excluding hydrogens is 256 g/mol. The van der Waals surface area contributed by atoms with E-state index in [1.165, 1.54) is 11.4 Å². The van der Waals surface area contributed by atoms with E-state index in [1.807, 2.05) is 0 Å². The molecule has 0 atom stereocenters. The molecule has 0 unspecified atom stereocenters. The number of aryl methyl sites for hydroxylation is 1. The van der Waals surface area contributed by atoms with Gasteiger partial charge in [0.25, 0.3) is 0 Å². The quantitative estimate of drug-likeness (QED) is 0.376. The summed E-state index contributed by atoms with van der Waals surface area (Å²) < 4.78 is 2.29. The zero-order chi connectivity index (χ0) is 14.4. The van der Waals surface area contributed by atoms with Gasteiger partial charge in [0.1, 0.15) is 0 Å². The van der Waals surface area contributed by atoms with Gasteiger partial charge < -0.3 is 9.88 Å². The van der Waals surface area contributed by atoms with Crippen LogP contribution in [0.5, 0.6) is 0 Å². The summed E-state index contributed by atoms with van der Waals surface area (Å²) in [6.45, 7) is 12.8. The topological polar surface area (TPSA) is 41.4 Å². The SMILES string of the molecule is C=CCNC(=S)N/N=C\c1cc(C)n(C(C)C)c1C. The molecule has 0 fully saturated rings. The van der Waals surface area contributed by atoms with Crippen molar-refractivity contribution < 1.29 is 0 Å². The molecule has 0 radical (unpaired) electrons. The van der Waals surface area contributed by atoms with Gasteiger partial charge in [0.15, 0.2) is 5.11 Å². The monoisotopic (exact) mass is 278 g/mol. The summed E-state index contributed by atoms with van der Waals surface area (Å²) in [7, 11) is 0. The molecule has 19 heavy (non-hydrogen) atoms. The van der Waals surface area contributed by atoms with Gasteiger partial charge in [0.2, 0.25) is 0 Å². The number of aromatic nitrogens is 1. The second-order valence-corrected chi connectivity index (χ2v) is 5.07. The van der Waals surface area contributed by atoms with Crippen LogP contribution in [0.15, 0.2) is 23.8 Å². The Morgan fingerprint density at radius 2 is 2.21 bits per heavy atom. The largest absolute Gasteiger partial charge is 0.358 e. The van der Waals surface area contributed by atoms with Crippen LogP contribution in [0.2, 0.25) is 0 Å². The van der Waals surface area contributed by atoms with E-state index in [9.17, 15) is 0 Å². The molecular formula is C14H22N4S. The van der Waals surface area contributed by atoms with Crippen LogP contribution in [-0.4, -0.2) is 22.4 Å². The van der Waals surface area contributed by atoms with Gasteiger partial charge in [-0.2, -0.15) is 5.10 Å². The van der Waals surface area contributed by atoms with Crippen molar-refractivity contribution in [1.29, 1.82) is 0 Å². The molecule has 0 spiro atoms. The molecule has 2 N–H and O–H groups in total. The smallest absolute Gasteiger partial charge is 0.187 e. The van der Waals surface area contributed by atoms with Gasteiger partial charge >= 0.3 is 0 Å². The van der Waals surface area contributed by atoms with Crippen LogP contribution in [0.1, 0.15) is 36.8 Å². The summed E-state index contributed by atoms with van der Waals surface area (Å²) in [5, 5.41) is 7.59. The molecule has 1 heterocycles. The fourth-order valence-electron chi connectivity index (χ4n) is 2.09. The molecule has 0 saturated heterocycles. The minimum absolute atomic E-state index is 0.449. The zero-order valence-electron chi connectivity index (χ0n) is 12.0. The van der Waals surface area contributed by atoms with Gasteiger partial charge in [0, 0.05) is 29.5 Å². The van der Waals surface area contributed by atoms with Crippen molar-refractivity contribution in [3.8, 4) is 0 Å². The summed E-state index contributed by atoms with van der Waals surface area (Å²) in [5.74, 6) is 0. The zero-order valence-corrected chi connectivity index (χ0v) is 12.8. The first-order valence-electron chi connectivity index (χ1n) is 6.33. The Hall–Kier alpha value is -1.62. The molecule has 4 nitrogen and oxygen atoms in total. The average Bonchev–Trinajstić information content (AvgIpc) is 2.62. The van der Waals surface area contributed by atoms with Crippen molar-refractivity contribution in [1.82, 2.24) is 15.3 Å². The van der Waals surface area contributed by atoms with Crippen LogP contribution in [0, 0.1) is 13.8 Å². The highest BCUT2D eigenvalue weighted by Crippen LogP contribution is 2.18. The van der Waals surface area contributed by atoms with Gasteiger partial charge in [-0.1, -0.05) is 6.08 Å². The third-order valence-electron chi connectivity index (χ3n) is 2.82. The van der Waals surface area contributed by atoms with Gasteiger partial charge in [0.05, 0.1) is 6.21 Å². The number of nitrogens with one attached hydrogen (secondary N) is 2. The Bertz CT molecular complexity index is 486. The third kappa shape index (κ3) is 4.21. The van der Waals surface area contributed by atoms with Crippen molar-refractivity contribution in [2.24, 2.45) is 5.10 Å². The summed E-state index contributed by atoms with van der Waals surface area (Å²) in [6, 6.07) is 2.58. The van der Waals surface area contributed by atoms with Crippen LogP contribution >= 0.6 is 12.2 Å². The number of thiocarbonyl (C=S) groups is 1. The number of nitrogens with zero attached hydrogens (tertiary/aromatic N) is 2. The van der Waals surface area contributed by atoms with Crippen molar-refractivity contribution in [2.75, 3.05) is 6.54 Å². The second kappa shape index (κ2) is 7.09. The number of hydrogen-bond acceptors (Lipinski definition) is 2. The van der Waals surface area contributed by atoms with Crippen LogP contribution < -0.4 is 10.7 Å². The van der Waals surface area contributed by atoms with E-state index in [4.69, 9.17) is 12.2 Å². The summed E-state index contributed by atoms with van der Waals surface area (Å²) in [6.07, 6.45) is 3.54. The van der Waals surface area contributed by atoms with E-state index >= 15 is 0 Å². The predicted molar refractivity (Wildman–Crippen MR) is 85.8 cm³/mol. The first-order valence-corrected chi connectivity index (χ1v) is 6.74. The van der Waals surface area contributed by atoms with Crippen LogP contribution in [0.4, 0.5) is 0 Å².